The Morgan fingerprint density at radius 2 is 2.05 bits per heavy atom. The van der Waals surface area contributed by atoms with Crippen LogP contribution < -0.4 is 5.32 Å². The molecule has 104 valence electrons. The molecule has 0 aliphatic carbocycles. The molecule has 0 heterocycles. The predicted molar refractivity (Wildman–Crippen MR) is 80.3 cm³/mol. The van der Waals surface area contributed by atoms with Crippen LogP contribution in [0.2, 0.25) is 5.02 Å². The number of phenols is 1. The lowest BCUT2D eigenvalue weighted by atomic mass is 10.1. The van der Waals surface area contributed by atoms with Crippen molar-refractivity contribution in [3.63, 3.8) is 0 Å². The van der Waals surface area contributed by atoms with E-state index in [0.717, 1.165) is 6.42 Å². The number of hydrogen-bond acceptors (Lipinski definition) is 2. The largest absolute Gasteiger partial charge is 0.508 e. The van der Waals surface area contributed by atoms with Crippen molar-refractivity contribution in [3.05, 3.63) is 64.2 Å². The van der Waals surface area contributed by atoms with E-state index in [0.29, 0.717) is 11.6 Å². The summed E-state index contributed by atoms with van der Waals surface area (Å²) in [6, 6.07) is 12.5. The van der Waals surface area contributed by atoms with Crippen LogP contribution in [0, 0.1) is 6.92 Å². The first kappa shape index (κ1) is 14.4. The minimum absolute atomic E-state index is 0.0261. The molecular formula is C16H16ClNO2. The first-order valence-corrected chi connectivity index (χ1v) is 6.76. The van der Waals surface area contributed by atoms with Gasteiger partial charge in [-0.3, -0.25) is 4.79 Å². The van der Waals surface area contributed by atoms with Gasteiger partial charge in [0.25, 0.3) is 5.91 Å². The molecule has 0 atom stereocenters. The lowest BCUT2D eigenvalue weighted by Gasteiger charge is -2.07. The Bertz CT molecular complexity index is 626. The van der Waals surface area contributed by atoms with E-state index in [1.807, 2.05) is 25.1 Å². The predicted octanol–water partition coefficient (Wildman–Crippen LogP) is 3.33. The first-order valence-electron chi connectivity index (χ1n) is 6.38. The van der Waals surface area contributed by atoms with Gasteiger partial charge in [0.2, 0.25) is 0 Å². The fourth-order valence-corrected chi connectivity index (χ4v) is 2.17. The zero-order chi connectivity index (χ0) is 14.5. The van der Waals surface area contributed by atoms with Gasteiger partial charge in [0.1, 0.15) is 5.75 Å². The summed E-state index contributed by atoms with van der Waals surface area (Å²) in [5, 5.41) is 12.5. The zero-order valence-electron chi connectivity index (χ0n) is 11.2. The Labute approximate surface area is 123 Å². The number of phenolic OH excluding ortho intramolecular Hbond substituents is 1. The van der Waals surface area contributed by atoms with Crippen molar-refractivity contribution in [2.24, 2.45) is 0 Å². The van der Waals surface area contributed by atoms with E-state index >= 15 is 0 Å². The normalized spacial score (nSPS) is 10.3. The van der Waals surface area contributed by atoms with Gasteiger partial charge in [-0.05, 0) is 37.1 Å². The molecule has 0 radical (unpaired) electrons. The number of benzene rings is 2. The molecular weight excluding hydrogens is 274 g/mol. The summed E-state index contributed by atoms with van der Waals surface area (Å²) in [6.45, 7) is 2.56. The van der Waals surface area contributed by atoms with Crippen LogP contribution in [0.1, 0.15) is 21.5 Å². The third-order valence-electron chi connectivity index (χ3n) is 2.98. The Balaban J connectivity index is 1.94. The van der Waals surface area contributed by atoms with Crippen LogP contribution in [0.25, 0.3) is 0 Å². The van der Waals surface area contributed by atoms with Gasteiger partial charge in [-0.15, -0.1) is 0 Å². The van der Waals surface area contributed by atoms with Crippen LogP contribution in [-0.2, 0) is 6.42 Å². The van der Waals surface area contributed by atoms with Crippen LogP contribution in [-0.4, -0.2) is 17.6 Å². The molecule has 20 heavy (non-hydrogen) atoms. The number of aromatic hydroxyl groups is 1. The van der Waals surface area contributed by atoms with Gasteiger partial charge in [-0.25, -0.2) is 0 Å². The van der Waals surface area contributed by atoms with Crippen molar-refractivity contribution in [3.8, 4) is 5.75 Å². The van der Waals surface area contributed by atoms with Crippen LogP contribution >= 0.6 is 11.6 Å². The molecule has 4 heteroatoms. The third-order valence-corrected chi connectivity index (χ3v) is 3.31. The number of rotatable bonds is 4. The molecule has 0 bridgehead atoms. The smallest absolute Gasteiger partial charge is 0.252 e. The van der Waals surface area contributed by atoms with E-state index < -0.39 is 0 Å². The second kappa shape index (κ2) is 6.44. The van der Waals surface area contributed by atoms with Gasteiger partial charge in [-0.1, -0.05) is 41.4 Å². The molecule has 2 aromatic rings. The quantitative estimate of drug-likeness (QED) is 0.907. The molecule has 0 saturated carbocycles. The average molecular weight is 290 g/mol. The van der Waals surface area contributed by atoms with Gasteiger partial charge in [0, 0.05) is 6.54 Å². The van der Waals surface area contributed by atoms with Crippen molar-refractivity contribution in [2.75, 3.05) is 6.54 Å². The standard InChI is InChI=1S/C16H16ClNO2/c1-11-3-2-4-12(9-11)7-8-18-16(20)14-10-13(19)5-6-15(14)17/h2-6,9-10,19H,7-8H2,1H3,(H,18,20). The highest BCUT2D eigenvalue weighted by molar-refractivity contribution is 6.33. The zero-order valence-corrected chi connectivity index (χ0v) is 11.9. The summed E-state index contributed by atoms with van der Waals surface area (Å²) in [6.07, 6.45) is 0.754. The van der Waals surface area contributed by atoms with Gasteiger partial charge in [-0.2, -0.15) is 0 Å². The highest BCUT2D eigenvalue weighted by Gasteiger charge is 2.10. The molecule has 2 rings (SSSR count). The summed E-state index contributed by atoms with van der Waals surface area (Å²) < 4.78 is 0. The minimum Gasteiger partial charge on any atom is -0.508 e. The maximum Gasteiger partial charge on any atom is 0.252 e. The molecule has 1 amide bonds. The first-order chi connectivity index (χ1) is 9.56. The van der Waals surface area contributed by atoms with E-state index in [4.69, 9.17) is 11.6 Å². The van der Waals surface area contributed by atoms with Crippen LogP contribution in [0.4, 0.5) is 0 Å². The van der Waals surface area contributed by atoms with E-state index in [-0.39, 0.29) is 17.2 Å². The third kappa shape index (κ3) is 3.75. The molecule has 0 unspecified atom stereocenters. The summed E-state index contributed by atoms with van der Waals surface area (Å²) >= 11 is 5.94. The van der Waals surface area contributed by atoms with E-state index in [1.54, 1.807) is 0 Å². The van der Waals surface area contributed by atoms with Gasteiger partial charge in [0.05, 0.1) is 10.6 Å². The number of carbonyl (C=O) groups excluding carboxylic acids is 1. The number of aryl methyl sites for hydroxylation is 1. The maximum absolute atomic E-state index is 12.0. The molecule has 2 N–H and O–H groups in total. The van der Waals surface area contributed by atoms with E-state index in [9.17, 15) is 9.90 Å². The lowest BCUT2D eigenvalue weighted by Crippen LogP contribution is -2.25. The Kier molecular flexibility index (Phi) is 4.64. The molecule has 0 spiro atoms. The summed E-state index contributed by atoms with van der Waals surface area (Å²) in [4.78, 5) is 12.0. The molecule has 3 nitrogen and oxygen atoms in total. The summed E-state index contributed by atoms with van der Waals surface area (Å²) in [5.41, 5.74) is 2.66. The maximum atomic E-state index is 12.0. The average Bonchev–Trinajstić information content (AvgIpc) is 2.41. The highest BCUT2D eigenvalue weighted by atomic mass is 35.5. The topological polar surface area (TPSA) is 49.3 Å². The van der Waals surface area contributed by atoms with Crippen molar-refractivity contribution >= 4 is 17.5 Å². The fraction of sp³-hybridized carbons (Fsp3) is 0.188. The molecule has 2 aromatic carbocycles. The Morgan fingerprint density at radius 1 is 1.25 bits per heavy atom. The van der Waals surface area contributed by atoms with E-state index in [1.165, 1.54) is 29.3 Å². The van der Waals surface area contributed by atoms with Crippen molar-refractivity contribution < 1.29 is 9.90 Å². The number of nitrogens with one attached hydrogen (secondary N) is 1. The molecule has 0 fully saturated rings. The highest BCUT2D eigenvalue weighted by Crippen LogP contribution is 2.20. The molecule has 0 aliphatic rings. The minimum atomic E-state index is -0.279. The fourth-order valence-electron chi connectivity index (χ4n) is 1.97. The van der Waals surface area contributed by atoms with Gasteiger partial charge >= 0.3 is 0 Å². The summed E-state index contributed by atoms with van der Waals surface area (Å²) in [5.74, 6) is -0.253. The van der Waals surface area contributed by atoms with Crippen LogP contribution in [0.5, 0.6) is 5.75 Å². The molecule has 0 aliphatic heterocycles. The lowest BCUT2D eigenvalue weighted by molar-refractivity contribution is 0.0954. The number of carbonyl (C=O) groups is 1. The summed E-state index contributed by atoms with van der Waals surface area (Å²) in [7, 11) is 0. The second-order valence-electron chi connectivity index (χ2n) is 4.66. The van der Waals surface area contributed by atoms with Crippen molar-refractivity contribution in [2.45, 2.75) is 13.3 Å². The van der Waals surface area contributed by atoms with Gasteiger partial charge in [0.15, 0.2) is 0 Å². The van der Waals surface area contributed by atoms with Crippen LogP contribution in [0.3, 0.4) is 0 Å². The second-order valence-corrected chi connectivity index (χ2v) is 5.07. The SMILES string of the molecule is Cc1cccc(CCNC(=O)c2cc(O)ccc2Cl)c1. The Hall–Kier alpha value is -2.00. The molecule has 0 aromatic heterocycles. The van der Waals surface area contributed by atoms with Gasteiger partial charge < -0.3 is 10.4 Å². The number of hydrogen-bond donors (Lipinski definition) is 2. The number of amides is 1. The monoisotopic (exact) mass is 289 g/mol. The van der Waals surface area contributed by atoms with E-state index in [2.05, 4.69) is 11.4 Å². The van der Waals surface area contributed by atoms with Crippen molar-refractivity contribution in [1.29, 1.82) is 0 Å². The Morgan fingerprint density at radius 3 is 2.80 bits per heavy atom. The van der Waals surface area contributed by atoms with Crippen molar-refractivity contribution in [1.82, 2.24) is 5.32 Å². The molecule has 0 saturated heterocycles. The number of halogens is 1. The van der Waals surface area contributed by atoms with Crippen LogP contribution in [0.15, 0.2) is 42.5 Å².